The number of rotatable bonds is 8. The lowest BCUT2D eigenvalue weighted by atomic mass is 9.91. The van der Waals surface area contributed by atoms with E-state index in [1.807, 2.05) is 31.2 Å². The van der Waals surface area contributed by atoms with Crippen LogP contribution in [0.4, 0.5) is 0 Å². The number of carbonyl (C=O) groups is 1. The molecule has 0 amide bonds. The van der Waals surface area contributed by atoms with Gasteiger partial charge < -0.3 is 14.9 Å². The summed E-state index contributed by atoms with van der Waals surface area (Å²) in [6.07, 6.45) is 0.867. The molecule has 0 spiro atoms. The van der Waals surface area contributed by atoms with Crippen LogP contribution in [0.2, 0.25) is 0 Å². The fraction of sp³-hybridized carbons (Fsp3) is 0.333. The molecule has 0 aliphatic rings. The van der Waals surface area contributed by atoms with Crippen molar-refractivity contribution < 1.29 is 19.7 Å². The van der Waals surface area contributed by atoms with E-state index in [1.165, 1.54) is 0 Å². The van der Waals surface area contributed by atoms with Crippen LogP contribution in [0.25, 0.3) is 5.65 Å². The molecular formula is C21H24N2O4. The van der Waals surface area contributed by atoms with Crippen LogP contribution in [0, 0.1) is 12.8 Å². The summed E-state index contributed by atoms with van der Waals surface area (Å²) in [5.41, 5.74) is 2.31. The van der Waals surface area contributed by atoms with E-state index in [9.17, 15) is 15.0 Å². The normalized spacial score (nSPS) is 13.5. The van der Waals surface area contributed by atoms with Crippen LogP contribution in [0.5, 0.6) is 5.75 Å². The Morgan fingerprint density at radius 2 is 1.96 bits per heavy atom. The number of carbonyl (C=O) groups excluding carboxylic acids is 1. The summed E-state index contributed by atoms with van der Waals surface area (Å²) in [6, 6.07) is 12.7. The molecule has 3 aromatic rings. The smallest absolute Gasteiger partial charge is 0.181 e. The maximum absolute atomic E-state index is 13.0. The number of pyridine rings is 1. The number of imidazole rings is 1. The molecule has 0 aliphatic heterocycles. The number of Topliss-reactive ketones (excluding diaryl/α,β-unsaturated/α-hetero) is 1. The minimum atomic E-state index is -0.918. The van der Waals surface area contributed by atoms with Gasteiger partial charge in [-0.25, -0.2) is 4.98 Å². The van der Waals surface area contributed by atoms with Crippen molar-refractivity contribution in [2.24, 2.45) is 5.92 Å². The monoisotopic (exact) mass is 368 g/mol. The summed E-state index contributed by atoms with van der Waals surface area (Å²) in [5.74, 6) is -0.159. The van der Waals surface area contributed by atoms with Gasteiger partial charge in [-0.2, -0.15) is 0 Å². The van der Waals surface area contributed by atoms with E-state index in [0.29, 0.717) is 35.0 Å². The number of fused-ring (bicyclic) bond motifs is 1. The zero-order chi connectivity index (χ0) is 19.4. The molecule has 0 saturated heterocycles. The van der Waals surface area contributed by atoms with Gasteiger partial charge in [0.05, 0.1) is 18.4 Å². The van der Waals surface area contributed by atoms with Crippen molar-refractivity contribution in [3.05, 3.63) is 65.6 Å². The third kappa shape index (κ3) is 3.86. The molecular weight excluding hydrogens is 344 g/mol. The molecule has 3 rings (SSSR count). The third-order valence-corrected chi connectivity index (χ3v) is 4.62. The predicted octanol–water partition coefficient (Wildman–Crippen LogP) is 2.96. The van der Waals surface area contributed by atoms with E-state index >= 15 is 0 Å². The fourth-order valence-corrected chi connectivity index (χ4v) is 3.29. The third-order valence-electron chi connectivity index (χ3n) is 4.62. The van der Waals surface area contributed by atoms with Crippen LogP contribution in [0.1, 0.15) is 41.2 Å². The molecule has 142 valence electrons. The number of benzene rings is 1. The summed E-state index contributed by atoms with van der Waals surface area (Å²) in [4.78, 5) is 17.5. The van der Waals surface area contributed by atoms with Crippen molar-refractivity contribution in [2.45, 2.75) is 26.4 Å². The number of hydrogen-bond donors (Lipinski definition) is 2. The number of nitrogens with zero attached hydrogens (tertiary/aromatic N) is 2. The number of aliphatic hydroxyl groups excluding tert-OH is 2. The van der Waals surface area contributed by atoms with Crippen LogP contribution in [-0.2, 0) is 0 Å². The number of aliphatic hydroxyl groups is 2. The summed E-state index contributed by atoms with van der Waals surface area (Å²) >= 11 is 0. The van der Waals surface area contributed by atoms with Crippen molar-refractivity contribution >= 4 is 11.4 Å². The number of hydrogen-bond acceptors (Lipinski definition) is 5. The van der Waals surface area contributed by atoms with Gasteiger partial charge in [0.25, 0.3) is 0 Å². The van der Waals surface area contributed by atoms with Gasteiger partial charge >= 0.3 is 0 Å². The molecule has 0 fully saturated rings. The van der Waals surface area contributed by atoms with Crippen molar-refractivity contribution in [1.29, 1.82) is 0 Å². The molecule has 6 heteroatoms. The largest absolute Gasteiger partial charge is 0.490 e. The number of aromatic nitrogens is 2. The van der Waals surface area contributed by atoms with E-state index in [2.05, 4.69) is 4.98 Å². The molecule has 2 atom stereocenters. The van der Waals surface area contributed by atoms with E-state index in [0.717, 1.165) is 0 Å². The molecule has 2 N–H and O–H groups in total. The van der Waals surface area contributed by atoms with Crippen molar-refractivity contribution in [3.63, 3.8) is 0 Å². The number of ether oxygens (including phenoxy) is 1. The van der Waals surface area contributed by atoms with E-state index < -0.39 is 12.0 Å². The first kappa shape index (κ1) is 19.1. The Bertz CT molecular complexity index is 921. The first-order chi connectivity index (χ1) is 13.1. The highest BCUT2D eigenvalue weighted by Gasteiger charge is 2.26. The SMILES string of the molecule is CCOc1cccn2c(C(=O)C[C@@H](CO)[C@H](O)c3ccccc3)c(C)nc12. The summed E-state index contributed by atoms with van der Waals surface area (Å²) in [7, 11) is 0. The highest BCUT2D eigenvalue weighted by molar-refractivity contribution is 5.97. The minimum absolute atomic E-state index is 0.0139. The summed E-state index contributed by atoms with van der Waals surface area (Å²) in [5, 5.41) is 20.3. The van der Waals surface area contributed by atoms with Crippen LogP contribution >= 0.6 is 0 Å². The molecule has 0 bridgehead atoms. The average molecular weight is 368 g/mol. The Labute approximate surface area is 158 Å². The Hall–Kier alpha value is -2.70. The van der Waals surface area contributed by atoms with Gasteiger partial charge in [-0.3, -0.25) is 9.20 Å². The molecule has 0 aliphatic carbocycles. The van der Waals surface area contributed by atoms with Gasteiger partial charge in [-0.15, -0.1) is 0 Å². The molecule has 2 heterocycles. The van der Waals surface area contributed by atoms with E-state index in [4.69, 9.17) is 4.74 Å². The Balaban J connectivity index is 1.89. The Morgan fingerprint density at radius 3 is 2.63 bits per heavy atom. The Kier molecular flexibility index (Phi) is 5.88. The quantitative estimate of drug-likeness (QED) is 0.597. The van der Waals surface area contributed by atoms with Crippen LogP contribution in [0.15, 0.2) is 48.7 Å². The first-order valence-electron chi connectivity index (χ1n) is 9.04. The topological polar surface area (TPSA) is 84.1 Å². The van der Waals surface area contributed by atoms with Gasteiger partial charge in [0.1, 0.15) is 5.69 Å². The van der Waals surface area contributed by atoms with Crippen molar-refractivity contribution in [1.82, 2.24) is 9.38 Å². The summed E-state index contributed by atoms with van der Waals surface area (Å²) < 4.78 is 7.31. The first-order valence-corrected chi connectivity index (χ1v) is 9.04. The molecule has 0 saturated carbocycles. The number of aryl methyl sites for hydroxylation is 1. The fourth-order valence-electron chi connectivity index (χ4n) is 3.29. The van der Waals surface area contributed by atoms with Gasteiger partial charge in [0.15, 0.2) is 17.2 Å². The Morgan fingerprint density at radius 1 is 1.22 bits per heavy atom. The second-order valence-corrected chi connectivity index (χ2v) is 6.47. The molecule has 0 unspecified atom stereocenters. The average Bonchev–Trinajstić information content (AvgIpc) is 3.03. The molecule has 2 aromatic heterocycles. The molecule has 1 aromatic carbocycles. The lowest BCUT2D eigenvalue weighted by Crippen LogP contribution is -2.21. The molecule has 6 nitrogen and oxygen atoms in total. The predicted molar refractivity (Wildman–Crippen MR) is 102 cm³/mol. The lowest BCUT2D eigenvalue weighted by molar-refractivity contribution is 0.0549. The van der Waals surface area contributed by atoms with Crippen LogP contribution < -0.4 is 4.74 Å². The maximum atomic E-state index is 13.0. The van der Waals surface area contributed by atoms with Crippen LogP contribution in [-0.4, -0.2) is 38.6 Å². The maximum Gasteiger partial charge on any atom is 0.181 e. The van der Waals surface area contributed by atoms with E-state index in [-0.39, 0.29) is 18.8 Å². The molecule has 0 radical (unpaired) electrons. The highest BCUT2D eigenvalue weighted by atomic mass is 16.5. The van der Waals surface area contributed by atoms with E-state index in [1.54, 1.807) is 35.7 Å². The second kappa shape index (κ2) is 8.33. The van der Waals surface area contributed by atoms with Gasteiger partial charge in [-0.05, 0) is 31.5 Å². The van der Waals surface area contributed by atoms with Gasteiger partial charge in [0.2, 0.25) is 0 Å². The standard InChI is InChI=1S/C21H24N2O4/c1-3-27-18-10-7-11-23-19(14(2)22-21(18)23)17(25)12-16(13-24)20(26)15-8-5-4-6-9-15/h4-11,16,20,24,26H,3,12-13H2,1-2H3/t16-,20+/m0/s1. The minimum Gasteiger partial charge on any atom is -0.490 e. The lowest BCUT2D eigenvalue weighted by Gasteiger charge is -2.20. The van der Waals surface area contributed by atoms with Crippen molar-refractivity contribution in [3.8, 4) is 5.75 Å². The van der Waals surface area contributed by atoms with Crippen LogP contribution in [0.3, 0.4) is 0 Å². The number of ketones is 1. The summed E-state index contributed by atoms with van der Waals surface area (Å²) in [6.45, 7) is 3.88. The second-order valence-electron chi connectivity index (χ2n) is 6.47. The highest BCUT2D eigenvalue weighted by Crippen LogP contribution is 2.28. The van der Waals surface area contributed by atoms with Crippen molar-refractivity contribution in [2.75, 3.05) is 13.2 Å². The molecule has 27 heavy (non-hydrogen) atoms. The zero-order valence-electron chi connectivity index (χ0n) is 15.5. The van der Waals surface area contributed by atoms with Gasteiger partial charge in [0, 0.05) is 25.1 Å². The zero-order valence-corrected chi connectivity index (χ0v) is 15.5. The van der Waals surface area contributed by atoms with Gasteiger partial charge in [-0.1, -0.05) is 30.3 Å².